The Bertz CT molecular complexity index is 1200. The Balaban J connectivity index is 1.92. The van der Waals surface area contributed by atoms with Gasteiger partial charge >= 0.3 is 0 Å². The second kappa shape index (κ2) is 7.11. The van der Waals surface area contributed by atoms with Crippen LogP contribution in [0.3, 0.4) is 0 Å². The van der Waals surface area contributed by atoms with Crippen LogP contribution in [-0.4, -0.2) is 27.0 Å². The van der Waals surface area contributed by atoms with E-state index in [1.807, 2.05) is 24.3 Å². The number of para-hydroxylation sites is 2. The highest BCUT2D eigenvalue weighted by Gasteiger charge is 2.23. The molecule has 0 aliphatic rings. The summed E-state index contributed by atoms with van der Waals surface area (Å²) in [5.41, 5.74) is 9.77. The van der Waals surface area contributed by atoms with Gasteiger partial charge in [-0.2, -0.15) is 0 Å². The molecule has 3 N–H and O–H groups in total. The average molecular weight is 375 g/mol. The molecule has 0 fully saturated rings. The molecule has 0 atom stereocenters. The summed E-state index contributed by atoms with van der Waals surface area (Å²) < 4.78 is 15.0. The van der Waals surface area contributed by atoms with Crippen LogP contribution in [0.1, 0.15) is 15.9 Å². The first-order valence-electron chi connectivity index (χ1n) is 8.76. The fraction of sp³-hybridized carbons (Fsp3) is 0.0952. The molecular weight excluding hydrogens is 357 g/mol. The molecule has 4 aromatic rings. The summed E-state index contributed by atoms with van der Waals surface area (Å²) in [5.74, 6) is -0.398. The fourth-order valence-electron chi connectivity index (χ4n) is 3.13. The summed E-state index contributed by atoms with van der Waals surface area (Å²) in [4.78, 5) is 22.0. The third-order valence-corrected chi connectivity index (χ3v) is 4.48. The van der Waals surface area contributed by atoms with Crippen LogP contribution in [0.4, 0.5) is 10.2 Å². The van der Waals surface area contributed by atoms with Gasteiger partial charge in [-0.1, -0.05) is 30.3 Å². The van der Waals surface area contributed by atoms with Gasteiger partial charge in [0.25, 0.3) is 5.91 Å². The van der Waals surface area contributed by atoms with Gasteiger partial charge in [0.15, 0.2) is 5.65 Å². The molecule has 2 aromatic heterocycles. The first kappa shape index (κ1) is 17.7. The molecule has 0 aliphatic carbocycles. The molecule has 2 aromatic carbocycles. The number of amides is 1. The van der Waals surface area contributed by atoms with Crippen LogP contribution in [0.15, 0.2) is 61.2 Å². The predicted molar refractivity (Wildman–Crippen MR) is 107 cm³/mol. The van der Waals surface area contributed by atoms with E-state index in [9.17, 15) is 9.18 Å². The van der Waals surface area contributed by atoms with Crippen molar-refractivity contribution < 1.29 is 9.18 Å². The Hall–Kier alpha value is -3.74. The zero-order valence-corrected chi connectivity index (χ0v) is 15.0. The third kappa shape index (κ3) is 3.07. The maximum Gasteiger partial charge on any atom is 0.257 e. The SMILES string of the molecule is C=CCNC(=O)c1c(N)n(Cc2ccc(F)cc2)c2nc3ccccc3nc12. The van der Waals surface area contributed by atoms with Crippen molar-refractivity contribution in [1.82, 2.24) is 19.9 Å². The standard InChI is InChI=1S/C21H18FN5O/c1-2-11-24-21(28)17-18-20(26-16-6-4-3-5-15(16)25-18)27(19(17)23)12-13-7-9-14(22)10-8-13/h2-10H,1,11-12,23H2,(H,24,28). The summed E-state index contributed by atoms with van der Waals surface area (Å²) >= 11 is 0. The summed E-state index contributed by atoms with van der Waals surface area (Å²) in [6.07, 6.45) is 1.59. The van der Waals surface area contributed by atoms with Crippen LogP contribution in [-0.2, 0) is 6.54 Å². The number of nitrogens with two attached hydrogens (primary N) is 1. The van der Waals surface area contributed by atoms with Crippen LogP contribution in [0, 0.1) is 5.82 Å². The molecule has 0 saturated heterocycles. The predicted octanol–water partition coefficient (Wildman–Crippen LogP) is 3.27. The summed E-state index contributed by atoms with van der Waals surface area (Å²) in [6, 6.07) is 13.5. The minimum Gasteiger partial charge on any atom is -0.384 e. The Labute approximate surface area is 160 Å². The summed E-state index contributed by atoms with van der Waals surface area (Å²) in [5, 5.41) is 2.75. The monoisotopic (exact) mass is 375 g/mol. The largest absolute Gasteiger partial charge is 0.384 e. The second-order valence-electron chi connectivity index (χ2n) is 6.36. The smallest absolute Gasteiger partial charge is 0.257 e. The van der Waals surface area contributed by atoms with Crippen LogP contribution in [0.2, 0.25) is 0 Å². The Morgan fingerprint density at radius 1 is 1.14 bits per heavy atom. The number of fused-ring (bicyclic) bond motifs is 2. The molecule has 0 spiro atoms. The van der Waals surface area contributed by atoms with Gasteiger partial charge in [-0.3, -0.25) is 4.79 Å². The van der Waals surface area contributed by atoms with Crippen LogP contribution >= 0.6 is 0 Å². The lowest BCUT2D eigenvalue weighted by atomic mass is 10.2. The van der Waals surface area contributed by atoms with Gasteiger partial charge in [-0.05, 0) is 29.8 Å². The lowest BCUT2D eigenvalue weighted by Crippen LogP contribution is -2.24. The van der Waals surface area contributed by atoms with E-state index in [1.165, 1.54) is 12.1 Å². The highest BCUT2D eigenvalue weighted by atomic mass is 19.1. The molecule has 0 radical (unpaired) electrons. The lowest BCUT2D eigenvalue weighted by Gasteiger charge is -2.08. The number of rotatable bonds is 5. The molecule has 140 valence electrons. The average Bonchev–Trinajstić information content (AvgIpc) is 2.97. The fourth-order valence-corrected chi connectivity index (χ4v) is 3.13. The number of nitrogens with one attached hydrogen (secondary N) is 1. The number of anilines is 1. The van der Waals surface area contributed by atoms with Gasteiger partial charge in [-0.25, -0.2) is 14.4 Å². The van der Waals surface area contributed by atoms with Gasteiger partial charge in [-0.15, -0.1) is 6.58 Å². The van der Waals surface area contributed by atoms with Gasteiger partial charge in [0.1, 0.15) is 22.7 Å². The third-order valence-electron chi connectivity index (χ3n) is 4.48. The molecule has 1 amide bonds. The second-order valence-corrected chi connectivity index (χ2v) is 6.36. The van der Waals surface area contributed by atoms with Gasteiger partial charge in [0, 0.05) is 6.54 Å². The normalized spacial score (nSPS) is 11.0. The van der Waals surface area contributed by atoms with Crippen LogP contribution in [0.5, 0.6) is 0 Å². The zero-order valence-electron chi connectivity index (χ0n) is 15.0. The van der Waals surface area contributed by atoms with Crippen LogP contribution < -0.4 is 11.1 Å². The molecule has 4 rings (SSSR count). The van der Waals surface area contributed by atoms with Crippen LogP contribution in [0.25, 0.3) is 22.2 Å². The van der Waals surface area contributed by atoms with E-state index in [0.29, 0.717) is 35.3 Å². The highest BCUT2D eigenvalue weighted by Crippen LogP contribution is 2.28. The van der Waals surface area contributed by atoms with Gasteiger partial charge in [0.05, 0.1) is 17.6 Å². The van der Waals surface area contributed by atoms with E-state index in [2.05, 4.69) is 21.9 Å². The molecule has 2 heterocycles. The van der Waals surface area contributed by atoms with E-state index >= 15 is 0 Å². The number of nitrogen functional groups attached to an aromatic ring is 1. The molecule has 0 saturated carbocycles. The minimum absolute atomic E-state index is 0.260. The van der Waals surface area contributed by atoms with E-state index < -0.39 is 0 Å². The number of carbonyl (C=O) groups excluding carboxylic acids is 1. The zero-order chi connectivity index (χ0) is 19.7. The van der Waals surface area contributed by atoms with Crippen molar-refractivity contribution in [2.75, 3.05) is 12.3 Å². The van der Waals surface area contributed by atoms with Crippen molar-refractivity contribution in [2.45, 2.75) is 6.54 Å². The Morgan fingerprint density at radius 3 is 2.50 bits per heavy atom. The minimum atomic E-state index is -0.343. The van der Waals surface area contributed by atoms with Crippen molar-refractivity contribution in [3.8, 4) is 0 Å². The molecule has 6 nitrogen and oxygen atoms in total. The lowest BCUT2D eigenvalue weighted by molar-refractivity contribution is 0.0960. The van der Waals surface area contributed by atoms with Crippen molar-refractivity contribution in [3.05, 3.63) is 78.1 Å². The van der Waals surface area contributed by atoms with Crippen molar-refractivity contribution >= 4 is 33.9 Å². The van der Waals surface area contributed by atoms with E-state index in [-0.39, 0.29) is 23.1 Å². The van der Waals surface area contributed by atoms with Gasteiger partial charge in [0.2, 0.25) is 0 Å². The maximum absolute atomic E-state index is 13.2. The molecule has 0 aliphatic heterocycles. The number of halogens is 1. The number of benzene rings is 2. The van der Waals surface area contributed by atoms with E-state index in [4.69, 9.17) is 5.73 Å². The van der Waals surface area contributed by atoms with Gasteiger partial charge < -0.3 is 15.6 Å². The molecule has 28 heavy (non-hydrogen) atoms. The number of nitrogens with zero attached hydrogens (tertiary/aromatic N) is 3. The molecule has 0 bridgehead atoms. The molecule has 7 heteroatoms. The Kier molecular flexibility index (Phi) is 4.49. The number of carbonyl (C=O) groups is 1. The van der Waals surface area contributed by atoms with E-state index in [1.54, 1.807) is 22.8 Å². The molecule has 0 unspecified atom stereocenters. The number of hydrogen-bond acceptors (Lipinski definition) is 4. The number of aromatic nitrogens is 3. The van der Waals surface area contributed by atoms with Crippen molar-refractivity contribution in [3.63, 3.8) is 0 Å². The van der Waals surface area contributed by atoms with Crippen molar-refractivity contribution in [2.24, 2.45) is 0 Å². The first-order valence-corrected chi connectivity index (χ1v) is 8.76. The first-order chi connectivity index (χ1) is 13.6. The maximum atomic E-state index is 13.2. The summed E-state index contributed by atoms with van der Waals surface area (Å²) in [6.45, 7) is 4.26. The summed E-state index contributed by atoms with van der Waals surface area (Å²) in [7, 11) is 0. The Morgan fingerprint density at radius 2 is 1.82 bits per heavy atom. The van der Waals surface area contributed by atoms with Crippen molar-refractivity contribution in [1.29, 1.82) is 0 Å². The molecular formula is C21H18FN5O. The topological polar surface area (TPSA) is 85.8 Å². The highest BCUT2D eigenvalue weighted by molar-refractivity contribution is 6.10. The number of hydrogen-bond donors (Lipinski definition) is 2. The van der Waals surface area contributed by atoms with E-state index in [0.717, 1.165) is 5.56 Å². The quantitative estimate of drug-likeness (QED) is 0.524.